The molecule has 2 unspecified atom stereocenters. The predicted octanol–water partition coefficient (Wildman–Crippen LogP) is 3.36. The summed E-state index contributed by atoms with van der Waals surface area (Å²) in [6, 6.07) is 8.63. The summed E-state index contributed by atoms with van der Waals surface area (Å²) in [7, 11) is 0. The highest BCUT2D eigenvalue weighted by molar-refractivity contribution is 5.85. The van der Waals surface area contributed by atoms with Crippen LogP contribution < -0.4 is 11.1 Å². The fourth-order valence-electron chi connectivity index (χ4n) is 4.64. The van der Waals surface area contributed by atoms with Gasteiger partial charge in [-0.2, -0.15) is 0 Å². The summed E-state index contributed by atoms with van der Waals surface area (Å²) in [4.78, 5) is 20.3. The highest BCUT2D eigenvalue weighted by Crippen LogP contribution is 2.39. The van der Waals surface area contributed by atoms with Crippen LogP contribution in [0.1, 0.15) is 44.3 Å². The molecule has 0 saturated heterocycles. The first-order valence-electron chi connectivity index (χ1n) is 9.17. The fraction of sp³-hybridized carbons (Fsp3) is 0.579. The molecule has 1 heterocycles. The van der Waals surface area contributed by atoms with Gasteiger partial charge < -0.3 is 16.0 Å². The molecule has 2 atom stereocenters. The third-order valence-electron chi connectivity index (χ3n) is 5.73. The maximum atomic E-state index is 12.4. The minimum absolute atomic E-state index is 0. The molecule has 1 aromatic heterocycles. The smallest absolute Gasteiger partial charge is 0.220 e. The van der Waals surface area contributed by atoms with E-state index in [1.807, 2.05) is 24.3 Å². The number of hydrogen-bond acceptors (Lipinski definition) is 3. The molecule has 2 aliphatic carbocycles. The number of aryl methyl sites for hydroxylation is 1. The largest absolute Gasteiger partial charge is 0.353 e. The Kier molecular flexibility index (Phi) is 7.33. The number of imidazole rings is 1. The van der Waals surface area contributed by atoms with Crippen LogP contribution >= 0.6 is 24.8 Å². The van der Waals surface area contributed by atoms with Crippen molar-refractivity contribution >= 4 is 41.8 Å². The summed E-state index contributed by atoms with van der Waals surface area (Å²) >= 11 is 0. The summed E-state index contributed by atoms with van der Waals surface area (Å²) in [5.41, 5.74) is 8.16. The van der Waals surface area contributed by atoms with Crippen LogP contribution in [0.3, 0.4) is 0 Å². The van der Waals surface area contributed by atoms with Gasteiger partial charge in [-0.25, -0.2) is 4.98 Å². The number of aromatic amines is 1. The molecule has 2 bridgehead atoms. The molecule has 5 nitrogen and oxygen atoms in total. The number of benzene rings is 1. The van der Waals surface area contributed by atoms with E-state index in [2.05, 4.69) is 15.3 Å². The number of nitrogens with two attached hydrogens (primary N) is 1. The van der Waals surface area contributed by atoms with Crippen molar-refractivity contribution in [3.8, 4) is 0 Å². The summed E-state index contributed by atoms with van der Waals surface area (Å²) in [6.45, 7) is 0. The van der Waals surface area contributed by atoms with E-state index < -0.39 is 0 Å². The van der Waals surface area contributed by atoms with Crippen LogP contribution in [-0.4, -0.2) is 28.0 Å². The zero-order chi connectivity index (χ0) is 16.5. The highest BCUT2D eigenvalue weighted by atomic mass is 35.5. The average molecular weight is 399 g/mol. The van der Waals surface area contributed by atoms with E-state index in [0.717, 1.165) is 29.7 Å². The van der Waals surface area contributed by atoms with Gasteiger partial charge >= 0.3 is 0 Å². The Balaban J connectivity index is 0.00000121. The van der Waals surface area contributed by atoms with E-state index in [-0.39, 0.29) is 30.7 Å². The van der Waals surface area contributed by atoms with Gasteiger partial charge in [0.2, 0.25) is 5.91 Å². The average Bonchev–Trinajstić information content (AvgIpc) is 2.97. The minimum atomic E-state index is 0. The van der Waals surface area contributed by atoms with Crippen molar-refractivity contribution in [1.29, 1.82) is 0 Å². The van der Waals surface area contributed by atoms with Crippen molar-refractivity contribution < 1.29 is 4.79 Å². The predicted molar refractivity (Wildman–Crippen MR) is 109 cm³/mol. The Morgan fingerprint density at radius 1 is 1.19 bits per heavy atom. The van der Waals surface area contributed by atoms with Gasteiger partial charge in [0, 0.05) is 24.9 Å². The van der Waals surface area contributed by atoms with Crippen molar-refractivity contribution in [3.63, 3.8) is 0 Å². The molecule has 144 valence electrons. The Labute approximate surface area is 166 Å². The van der Waals surface area contributed by atoms with Crippen molar-refractivity contribution in [1.82, 2.24) is 15.3 Å². The second-order valence-electron chi connectivity index (χ2n) is 7.48. The first kappa shape index (κ1) is 21.0. The Morgan fingerprint density at radius 2 is 1.88 bits per heavy atom. The summed E-state index contributed by atoms with van der Waals surface area (Å²) < 4.78 is 0. The molecule has 7 heteroatoms. The number of aromatic nitrogens is 2. The van der Waals surface area contributed by atoms with Gasteiger partial charge in [0.25, 0.3) is 0 Å². The molecule has 2 saturated carbocycles. The van der Waals surface area contributed by atoms with Gasteiger partial charge in [-0.3, -0.25) is 4.79 Å². The Morgan fingerprint density at radius 3 is 2.58 bits per heavy atom. The topological polar surface area (TPSA) is 83.8 Å². The molecule has 26 heavy (non-hydrogen) atoms. The lowest BCUT2D eigenvalue weighted by atomic mass is 9.67. The van der Waals surface area contributed by atoms with Gasteiger partial charge in [-0.05, 0) is 49.7 Å². The van der Waals surface area contributed by atoms with E-state index >= 15 is 0 Å². The first-order chi connectivity index (χ1) is 11.7. The number of rotatable bonds is 4. The SMILES string of the molecule is Cl.Cl.NC1CC2CCCC(C1)C2NC(=O)CCc1nc2ccccc2[nH]1. The van der Waals surface area contributed by atoms with Crippen LogP contribution in [0.25, 0.3) is 11.0 Å². The van der Waals surface area contributed by atoms with Crippen molar-refractivity contribution in [2.75, 3.05) is 0 Å². The molecule has 0 aliphatic heterocycles. The van der Waals surface area contributed by atoms with Gasteiger partial charge in [0.1, 0.15) is 5.82 Å². The number of amides is 1. The number of carbonyl (C=O) groups is 1. The second-order valence-corrected chi connectivity index (χ2v) is 7.48. The van der Waals surface area contributed by atoms with Crippen LogP contribution in [-0.2, 0) is 11.2 Å². The lowest BCUT2D eigenvalue weighted by Gasteiger charge is -2.45. The number of carbonyl (C=O) groups excluding carboxylic acids is 1. The van der Waals surface area contributed by atoms with Crippen LogP contribution in [0.4, 0.5) is 0 Å². The van der Waals surface area contributed by atoms with Gasteiger partial charge in [-0.1, -0.05) is 18.6 Å². The van der Waals surface area contributed by atoms with Crippen molar-refractivity contribution in [2.45, 2.75) is 57.0 Å². The fourth-order valence-corrected chi connectivity index (χ4v) is 4.64. The molecule has 1 amide bonds. The second kappa shape index (κ2) is 9.07. The number of nitrogens with one attached hydrogen (secondary N) is 2. The zero-order valence-electron chi connectivity index (χ0n) is 14.8. The number of hydrogen-bond donors (Lipinski definition) is 3. The summed E-state index contributed by atoms with van der Waals surface area (Å²) in [5, 5.41) is 3.31. The zero-order valence-corrected chi connectivity index (χ0v) is 16.5. The maximum absolute atomic E-state index is 12.4. The molecule has 2 aromatic rings. The molecule has 4 N–H and O–H groups in total. The lowest BCUT2D eigenvalue weighted by Crippen LogP contribution is -2.53. The number of para-hydroxylation sites is 2. The van der Waals surface area contributed by atoms with Crippen LogP contribution in [0.15, 0.2) is 24.3 Å². The molecule has 1 aromatic carbocycles. The third kappa shape index (κ3) is 4.51. The molecule has 4 rings (SSSR count). The van der Waals surface area contributed by atoms with E-state index in [4.69, 9.17) is 5.73 Å². The van der Waals surface area contributed by atoms with Gasteiger partial charge in [-0.15, -0.1) is 24.8 Å². The van der Waals surface area contributed by atoms with Gasteiger partial charge in [0.05, 0.1) is 11.0 Å². The first-order valence-corrected chi connectivity index (χ1v) is 9.17. The van der Waals surface area contributed by atoms with Crippen LogP contribution in [0.5, 0.6) is 0 Å². The lowest BCUT2D eigenvalue weighted by molar-refractivity contribution is -0.123. The van der Waals surface area contributed by atoms with E-state index in [9.17, 15) is 4.79 Å². The molecule has 0 spiro atoms. The number of fused-ring (bicyclic) bond motifs is 3. The van der Waals surface area contributed by atoms with Crippen molar-refractivity contribution in [3.05, 3.63) is 30.1 Å². The highest BCUT2D eigenvalue weighted by Gasteiger charge is 2.39. The monoisotopic (exact) mass is 398 g/mol. The summed E-state index contributed by atoms with van der Waals surface area (Å²) in [6.07, 6.45) is 6.96. The van der Waals surface area contributed by atoms with E-state index in [0.29, 0.717) is 36.8 Å². The molecular weight excluding hydrogens is 371 g/mol. The Bertz CT molecular complexity index is 688. The third-order valence-corrected chi connectivity index (χ3v) is 5.73. The molecular formula is C19H28Cl2N4O. The minimum Gasteiger partial charge on any atom is -0.353 e. The number of H-pyrrole nitrogens is 1. The van der Waals surface area contributed by atoms with Crippen molar-refractivity contribution in [2.24, 2.45) is 17.6 Å². The summed E-state index contributed by atoms with van der Waals surface area (Å²) in [5.74, 6) is 2.18. The maximum Gasteiger partial charge on any atom is 0.220 e. The van der Waals surface area contributed by atoms with E-state index in [1.165, 1.54) is 19.3 Å². The number of nitrogens with zero attached hydrogens (tertiary/aromatic N) is 1. The quantitative estimate of drug-likeness (QED) is 0.737. The molecule has 2 aliphatic rings. The molecule has 2 fully saturated rings. The normalized spacial score (nSPS) is 27.3. The number of halogens is 2. The van der Waals surface area contributed by atoms with Crippen LogP contribution in [0.2, 0.25) is 0 Å². The molecule has 0 radical (unpaired) electrons. The standard InChI is InChI=1S/C19H26N4O.2ClH/c20-14-10-12-4-3-5-13(11-14)19(12)23-18(24)9-8-17-21-15-6-1-2-7-16(15)22-17;;/h1-2,6-7,12-14,19H,3-5,8-11,20H2,(H,21,22)(H,23,24);2*1H. The van der Waals surface area contributed by atoms with E-state index in [1.54, 1.807) is 0 Å². The Hall–Kier alpha value is -1.30. The van der Waals surface area contributed by atoms with Crippen LogP contribution in [0, 0.1) is 11.8 Å². The van der Waals surface area contributed by atoms with Gasteiger partial charge in [0.15, 0.2) is 0 Å².